The summed E-state index contributed by atoms with van der Waals surface area (Å²) in [6.45, 7) is 5.81. The van der Waals surface area contributed by atoms with Crippen LogP contribution in [-0.4, -0.2) is 41.4 Å². The lowest BCUT2D eigenvalue weighted by Crippen LogP contribution is -2.29. The number of nitrogens with zero attached hydrogens (tertiary/aromatic N) is 4. The number of sulfonamides is 1. The molecule has 0 bridgehead atoms. The van der Waals surface area contributed by atoms with Crippen molar-refractivity contribution in [3.63, 3.8) is 0 Å². The van der Waals surface area contributed by atoms with Gasteiger partial charge in [-0.15, -0.1) is 0 Å². The fourth-order valence-corrected chi connectivity index (χ4v) is 4.09. The third-order valence-corrected chi connectivity index (χ3v) is 6.19. The highest BCUT2D eigenvalue weighted by Gasteiger charge is 2.22. The van der Waals surface area contributed by atoms with Crippen LogP contribution in [0.5, 0.6) is 0 Å². The van der Waals surface area contributed by atoms with Crippen molar-refractivity contribution in [2.24, 2.45) is 0 Å². The summed E-state index contributed by atoms with van der Waals surface area (Å²) in [7, 11) is -2.04. The van der Waals surface area contributed by atoms with Crippen molar-refractivity contribution in [2.75, 3.05) is 13.6 Å². The van der Waals surface area contributed by atoms with Crippen LogP contribution in [-0.2, 0) is 16.4 Å². The van der Waals surface area contributed by atoms with E-state index in [1.807, 2.05) is 32.0 Å². The highest BCUT2D eigenvalue weighted by molar-refractivity contribution is 7.89. The monoisotopic (exact) mass is 386 g/mol. The first-order chi connectivity index (χ1) is 12.8. The van der Waals surface area contributed by atoms with Crippen LogP contribution >= 0.6 is 0 Å². The Labute approximate surface area is 159 Å². The Morgan fingerprint density at radius 3 is 2.52 bits per heavy atom. The molecule has 2 aromatic heterocycles. The van der Waals surface area contributed by atoms with Crippen molar-refractivity contribution < 1.29 is 12.9 Å². The van der Waals surface area contributed by atoms with Crippen LogP contribution in [0, 0.1) is 20.8 Å². The minimum absolute atomic E-state index is 0.265. The minimum Gasteiger partial charge on any atom is -0.340 e. The van der Waals surface area contributed by atoms with E-state index in [9.17, 15) is 8.42 Å². The molecule has 7 nitrogen and oxygen atoms in total. The van der Waals surface area contributed by atoms with Crippen LogP contribution in [0.4, 0.5) is 0 Å². The van der Waals surface area contributed by atoms with Gasteiger partial charge in [-0.1, -0.05) is 11.2 Å². The normalized spacial score (nSPS) is 11.9. The maximum Gasteiger partial charge on any atom is 0.242 e. The first-order valence-corrected chi connectivity index (χ1v) is 10.0. The van der Waals surface area contributed by atoms with Crippen LogP contribution in [0.1, 0.15) is 23.0 Å². The van der Waals surface area contributed by atoms with E-state index in [1.165, 1.54) is 4.31 Å². The number of aromatic nitrogens is 3. The number of rotatable bonds is 6. The molecule has 0 amide bonds. The molecule has 2 heterocycles. The maximum atomic E-state index is 12.9. The zero-order valence-electron chi connectivity index (χ0n) is 15.8. The molecule has 0 saturated carbocycles. The molecule has 0 fully saturated rings. The second kappa shape index (κ2) is 7.58. The molecule has 0 unspecified atom stereocenters. The smallest absolute Gasteiger partial charge is 0.242 e. The zero-order chi connectivity index (χ0) is 19.6. The fraction of sp³-hybridized carbons (Fsp3) is 0.316. The lowest BCUT2D eigenvalue weighted by atomic mass is 10.0. The molecule has 0 spiro atoms. The van der Waals surface area contributed by atoms with Crippen LogP contribution in [0.3, 0.4) is 0 Å². The summed E-state index contributed by atoms with van der Waals surface area (Å²) >= 11 is 0. The second-order valence-corrected chi connectivity index (χ2v) is 8.51. The van der Waals surface area contributed by atoms with Crippen molar-refractivity contribution in [2.45, 2.75) is 32.1 Å². The van der Waals surface area contributed by atoms with E-state index in [1.54, 1.807) is 32.3 Å². The SMILES string of the molecule is Cc1cc(-c2ccc(S(=O)(=O)N(C)CCc3noc(C)n3)cc2C)ccn1. The van der Waals surface area contributed by atoms with Gasteiger partial charge in [0.1, 0.15) is 0 Å². The van der Waals surface area contributed by atoms with Gasteiger partial charge in [-0.2, -0.15) is 4.98 Å². The van der Waals surface area contributed by atoms with Gasteiger partial charge < -0.3 is 4.52 Å². The van der Waals surface area contributed by atoms with Crippen LogP contribution in [0.2, 0.25) is 0 Å². The van der Waals surface area contributed by atoms with Gasteiger partial charge in [0, 0.05) is 38.8 Å². The fourth-order valence-electron chi connectivity index (χ4n) is 2.83. The number of likely N-dealkylation sites (N-methyl/N-ethyl adjacent to an activating group) is 1. The summed E-state index contributed by atoms with van der Waals surface area (Å²) in [4.78, 5) is 8.57. The molecular weight excluding hydrogens is 364 g/mol. The largest absolute Gasteiger partial charge is 0.340 e. The van der Waals surface area contributed by atoms with Gasteiger partial charge in [-0.05, 0) is 54.8 Å². The predicted octanol–water partition coefficient (Wildman–Crippen LogP) is 2.92. The molecule has 0 atom stereocenters. The molecular formula is C19H22N4O3S. The Bertz CT molecular complexity index is 1060. The predicted molar refractivity (Wildman–Crippen MR) is 102 cm³/mol. The average Bonchev–Trinajstić information content (AvgIpc) is 3.04. The summed E-state index contributed by atoms with van der Waals surface area (Å²) in [6, 6.07) is 9.09. The lowest BCUT2D eigenvalue weighted by Gasteiger charge is -2.17. The summed E-state index contributed by atoms with van der Waals surface area (Å²) in [5.41, 5.74) is 3.82. The van der Waals surface area contributed by atoms with E-state index in [2.05, 4.69) is 15.1 Å². The highest BCUT2D eigenvalue weighted by atomic mass is 32.2. The minimum atomic E-state index is -3.60. The summed E-state index contributed by atoms with van der Waals surface area (Å²) in [5.74, 6) is 0.960. The topological polar surface area (TPSA) is 89.2 Å². The molecule has 3 aromatic rings. The van der Waals surface area contributed by atoms with Gasteiger partial charge in [0.05, 0.1) is 4.90 Å². The summed E-state index contributed by atoms with van der Waals surface area (Å²) in [6.07, 6.45) is 2.14. The van der Waals surface area contributed by atoms with Crippen LogP contribution in [0.25, 0.3) is 11.1 Å². The Morgan fingerprint density at radius 2 is 1.89 bits per heavy atom. The van der Waals surface area contributed by atoms with E-state index >= 15 is 0 Å². The quantitative estimate of drug-likeness (QED) is 0.647. The van der Waals surface area contributed by atoms with Crippen LogP contribution in [0.15, 0.2) is 45.9 Å². The van der Waals surface area contributed by atoms with Crippen molar-refractivity contribution >= 4 is 10.0 Å². The molecule has 0 aliphatic carbocycles. The van der Waals surface area contributed by atoms with Gasteiger partial charge in [-0.25, -0.2) is 12.7 Å². The number of aryl methyl sites for hydroxylation is 3. The van der Waals surface area contributed by atoms with Gasteiger partial charge in [0.2, 0.25) is 15.9 Å². The molecule has 27 heavy (non-hydrogen) atoms. The van der Waals surface area contributed by atoms with E-state index in [-0.39, 0.29) is 11.4 Å². The second-order valence-electron chi connectivity index (χ2n) is 6.47. The van der Waals surface area contributed by atoms with E-state index < -0.39 is 10.0 Å². The molecule has 8 heteroatoms. The molecule has 1 aromatic carbocycles. The van der Waals surface area contributed by atoms with E-state index in [0.29, 0.717) is 18.1 Å². The first-order valence-electron chi connectivity index (χ1n) is 8.56. The number of benzene rings is 1. The van der Waals surface area contributed by atoms with Gasteiger partial charge in [-0.3, -0.25) is 4.98 Å². The average molecular weight is 386 g/mol. The van der Waals surface area contributed by atoms with Crippen molar-refractivity contribution in [1.82, 2.24) is 19.4 Å². The van der Waals surface area contributed by atoms with Gasteiger partial charge >= 0.3 is 0 Å². The number of hydrogen-bond acceptors (Lipinski definition) is 6. The van der Waals surface area contributed by atoms with Gasteiger partial charge in [0.25, 0.3) is 0 Å². The first kappa shape index (κ1) is 19.2. The molecule has 0 aliphatic rings. The molecule has 0 radical (unpaired) electrons. The summed E-state index contributed by atoms with van der Waals surface area (Å²) in [5, 5.41) is 3.80. The molecule has 0 N–H and O–H groups in total. The third kappa shape index (κ3) is 4.23. The number of hydrogen-bond donors (Lipinski definition) is 0. The molecule has 3 rings (SSSR count). The third-order valence-electron chi connectivity index (χ3n) is 4.33. The lowest BCUT2D eigenvalue weighted by molar-refractivity contribution is 0.384. The Hall–Kier alpha value is -2.58. The van der Waals surface area contributed by atoms with Crippen molar-refractivity contribution in [1.29, 1.82) is 0 Å². The van der Waals surface area contributed by atoms with Crippen LogP contribution < -0.4 is 0 Å². The Balaban J connectivity index is 1.80. The summed E-state index contributed by atoms with van der Waals surface area (Å²) < 4.78 is 32.0. The molecule has 0 aliphatic heterocycles. The van der Waals surface area contributed by atoms with Crippen molar-refractivity contribution in [3.05, 3.63) is 59.5 Å². The molecule has 142 valence electrons. The highest BCUT2D eigenvalue weighted by Crippen LogP contribution is 2.27. The maximum absolute atomic E-state index is 12.9. The Morgan fingerprint density at radius 1 is 1.11 bits per heavy atom. The van der Waals surface area contributed by atoms with Gasteiger partial charge in [0.15, 0.2) is 5.82 Å². The Kier molecular flexibility index (Phi) is 5.38. The molecule has 0 saturated heterocycles. The van der Waals surface area contributed by atoms with E-state index in [4.69, 9.17) is 4.52 Å². The zero-order valence-corrected chi connectivity index (χ0v) is 16.6. The van der Waals surface area contributed by atoms with E-state index in [0.717, 1.165) is 22.4 Å². The van der Waals surface area contributed by atoms with Crippen molar-refractivity contribution in [3.8, 4) is 11.1 Å². The standard InChI is InChI=1S/C19H22N4O3S/c1-13-11-17(5-6-18(13)16-7-9-20-14(2)12-16)27(24,25)23(4)10-8-19-21-15(3)26-22-19/h5-7,9,11-12H,8,10H2,1-4H3. The number of pyridine rings is 1.